The fourth-order valence-electron chi connectivity index (χ4n) is 4.04. The molecule has 0 spiro atoms. The van der Waals surface area contributed by atoms with Crippen LogP contribution >= 0.6 is 0 Å². The Labute approximate surface area is 166 Å². The van der Waals surface area contributed by atoms with Crippen molar-refractivity contribution in [3.05, 3.63) is 23.5 Å². The molecule has 0 aromatic carbocycles. The highest BCUT2D eigenvalue weighted by Crippen LogP contribution is 2.48. The third-order valence-corrected chi connectivity index (χ3v) is 5.61. The number of aliphatic hydroxyl groups excluding tert-OH is 4. The maximum atomic E-state index is 12.2. The Hall–Kier alpha value is -1.57. The van der Waals surface area contributed by atoms with Crippen LogP contribution in [0.5, 0.6) is 0 Å². The van der Waals surface area contributed by atoms with Crippen LogP contribution in [0.15, 0.2) is 23.5 Å². The number of carbonyl (C=O) groups is 1. The molecule has 164 valence electrons. The fraction of sp³-hybridized carbons (Fsp3) is 0.722. The zero-order valence-corrected chi connectivity index (χ0v) is 16.2. The zero-order chi connectivity index (χ0) is 21.5. The Morgan fingerprint density at radius 2 is 1.86 bits per heavy atom. The lowest BCUT2D eigenvalue weighted by Crippen LogP contribution is -2.61. The van der Waals surface area contributed by atoms with Gasteiger partial charge in [-0.2, -0.15) is 0 Å². The van der Waals surface area contributed by atoms with Gasteiger partial charge in [0.25, 0.3) is 0 Å². The lowest BCUT2D eigenvalue weighted by atomic mass is 9.78. The molecule has 0 saturated carbocycles. The fourth-order valence-corrected chi connectivity index (χ4v) is 4.04. The Balaban J connectivity index is 1.90. The molecule has 2 heterocycles. The summed E-state index contributed by atoms with van der Waals surface area (Å²) in [4.78, 5) is 12.2. The number of ether oxygens (including phenoxy) is 5. The first-order valence-corrected chi connectivity index (χ1v) is 9.04. The van der Waals surface area contributed by atoms with Crippen LogP contribution in [0.2, 0.25) is 0 Å². The normalized spacial score (nSPS) is 44.4. The highest BCUT2D eigenvalue weighted by molar-refractivity contribution is 5.91. The minimum atomic E-state index is -1.87. The quantitative estimate of drug-likeness (QED) is 0.237. The van der Waals surface area contributed by atoms with Crippen molar-refractivity contribution in [1.29, 1.82) is 0 Å². The molecule has 0 aromatic rings. The SMILES string of the molecule is COC(=O)C1=CO[C@@H](O[C@@H]2O[C@H](CO)[C@@H](O)[C@H](O)[C@H]2O)[C@@H]2C(C)=C[C@@H](OC)[C@]12O. The lowest BCUT2D eigenvalue weighted by Gasteiger charge is -2.45. The molecule has 1 fully saturated rings. The largest absolute Gasteiger partial charge is 0.471 e. The van der Waals surface area contributed by atoms with Crippen molar-refractivity contribution in [3.8, 4) is 0 Å². The van der Waals surface area contributed by atoms with Gasteiger partial charge in [0, 0.05) is 7.11 Å². The van der Waals surface area contributed by atoms with Crippen LogP contribution in [0.1, 0.15) is 6.92 Å². The minimum Gasteiger partial charge on any atom is -0.471 e. The van der Waals surface area contributed by atoms with Gasteiger partial charge in [0.1, 0.15) is 48.0 Å². The monoisotopic (exact) mass is 418 g/mol. The number of methoxy groups -OCH3 is 2. The van der Waals surface area contributed by atoms with E-state index in [9.17, 15) is 30.3 Å². The molecule has 2 aliphatic heterocycles. The van der Waals surface area contributed by atoms with Gasteiger partial charge in [-0.05, 0) is 6.92 Å². The molecule has 0 unspecified atom stereocenters. The van der Waals surface area contributed by atoms with Crippen LogP contribution in [0.4, 0.5) is 0 Å². The third-order valence-electron chi connectivity index (χ3n) is 5.61. The van der Waals surface area contributed by atoms with Crippen molar-refractivity contribution in [2.75, 3.05) is 20.8 Å². The van der Waals surface area contributed by atoms with Crippen molar-refractivity contribution in [1.82, 2.24) is 0 Å². The summed E-state index contributed by atoms with van der Waals surface area (Å²) in [5.74, 6) is -1.74. The predicted molar refractivity (Wildman–Crippen MR) is 92.8 cm³/mol. The van der Waals surface area contributed by atoms with E-state index in [1.54, 1.807) is 13.0 Å². The van der Waals surface area contributed by atoms with Crippen LogP contribution in [0.25, 0.3) is 0 Å². The second kappa shape index (κ2) is 8.28. The van der Waals surface area contributed by atoms with E-state index in [2.05, 4.69) is 0 Å². The van der Waals surface area contributed by atoms with Crippen LogP contribution in [0.3, 0.4) is 0 Å². The Bertz CT molecular complexity index is 689. The molecule has 11 nitrogen and oxygen atoms in total. The van der Waals surface area contributed by atoms with Gasteiger partial charge < -0.3 is 49.2 Å². The van der Waals surface area contributed by atoms with Gasteiger partial charge in [-0.1, -0.05) is 11.6 Å². The highest BCUT2D eigenvalue weighted by atomic mass is 16.8. The number of esters is 1. The van der Waals surface area contributed by atoms with Gasteiger partial charge in [-0.25, -0.2) is 4.79 Å². The second-order valence-electron chi connectivity index (χ2n) is 7.23. The predicted octanol–water partition coefficient (Wildman–Crippen LogP) is -2.46. The van der Waals surface area contributed by atoms with Crippen molar-refractivity contribution < 1.29 is 54.0 Å². The molecule has 5 N–H and O–H groups in total. The number of hydrogen-bond acceptors (Lipinski definition) is 11. The van der Waals surface area contributed by atoms with Gasteiger partial charge in [0.2, 0.25) is 6.29 Å². The average molecular weight is 418 g/mol. The smallest absolute Gasteiger partial charge is 0.339 e. The first-order chi connectivity index (χ1) is 13.7. The molecule has 3 aliphatic rings. The van der Waals surface area contributed by atoms with E-state index >= 15 is 0 Å². The van der Waals surface area contributed by atoms with Crippen molar-refractivity contribution in [3.63, 3.8) is 0 Å². The molecule has 9 atom stereocenters. The summed E-state index contributed by atoms with van der Waals surface area (Å²) < 4.78 is 26.6. The van der Waals surface area contributed by atoms with E-state index in [-0.39, 0.29) is 5.57 Å². The summed E-state index contributed by atoms with van der Waals surface area (Å²) in [5, 5.41) is 50.8. The van der Waals surface area contributed by atoms with E-state index in [4.69, 9.17) is 23.7 Å². The number of fused-ring (bicyclic) bond motifs is 1. The van der Waals surface area contributed by atoms with Crippen molar-refractivity contribution in [2.24, 2.45) is 5.92 Å². The van der Waals surface area contributed by atoms with Crippen LogP contribution < -0.4 is 0 Å². The lowest BCUT2D eigenvalue weighted by molar-refractivity contribution is -0.344. The van der Waals surface area contributed by atoms with Crippen molar-refractivity contribution in [2.45, 2.75) is 55.6 Å². The molecule has 0 radical (unpaired) electrons. The number of aliphatic hydroxyl groups is 5. The van der Waals surface area contributed by atoms with Gasteiger partial charge in [-0.15, -0.1) is 0 Å². The Kier molecular flexibility index (Phi) is 6.32. The van der Waals surface area contributed by atoms with Crippen LogP contribution in [-0.4, -0.2) is 101 Å². The van der Waals surface area contributed by atoms with Gasteiger partial charge in [0.15, 0.2) is 6.29 Å². The standard InChI is InChI=1S/C18H26O11/c1-7-4-10(25-2)18(24)8(15(23)26-3)6-27-16(11(7)18)29-17-14(22)13(21)12(20)9(5-19)28-17/h4,6,9-14,16-17,19-22,24H,5H2,1-3H3/t9-,10-,11+,12-,13+,14-,16+,17+,18-/m1/s1. The Morgan fingerprint density at radius 1 is 1.17 bits per heavy atom. The molecule has 1 saturated heterocycles. The first-order valence-electron chi connectivity index (χ1n) is 9.04. The summed E-state index contributed by atoms with van der Waals surface area (Å²) in [6.45, 7) is 1.06. The van der Waals surface area contributed by atoms with Crippen LogP contribution in [-0.2, 0) is 28.5 Å². The first kappa shape index (κ1) is 22.1. The van der Waals surface area contributed by atoms with E-state index < -0.39 is 67.2 Å². The second-order valence-corrected chi connectivity index (χ2v) is 7.23. The third kappa shape index (κ3) is 3.47. The maximum absolute atomic E-state index is 12.2. The summed E-state index contributed by atoms with van der Waals surface area (Å²) in [6.07, 6.45) is -7.03. The molecule has 0 amide bonds. The maximum Gasteiger partial charge on any atom is 0.339 e. The summed E-state index contributed by atoms with van der Waals surface area (Å²) in [5.41, 5.74) is -1.45. The molecule has 0 bridgehead atoms. The van der Waals surface area contributed by atoms with Crippen LogP contribution in [0, 0.1) is 5.92 Å². The van der Waals surface area contributed by atoms with E-state index in [0.717, 1.165) is 13.4 Å². The molecule has 1 aliphatic carbocycles. The molecular weight excluding hydrogens is 392 g/mol. The molecular formula is C18H26O11. The molecule has 3 rings (SSSR count). The summed E-state index contributed by atoms with van der Waals surface area (Å²) in [7, 11) is 2.53. The summed E-state index contributed by atoms with van der Waals surface area (Å²) >= 11 is 0. The average Bonchev–Trinajstić information content (AvgIpc) is 2.98. The molecule has 29 heavy (non-hydrogen) atoms. The number of rotatable bonds is 5. The number of hydrogen-bond donors (Lipinski definition) is 5. The molecule has 0 aromatic heterocycles. The number of carbonyl (C=O) groups excluding carboxylic acids is 1. The van der Waals surface area contributed by atoms with Gasteiger partial charge in [-0.3, -0.25) is 0 Å². The topological polar surface area (TPSA) is 164 Å². The summed E-state index contributed by atoms with van der Waals surface area (Å²) in [6, 6.07) is 0. The van der Waals surface area contributed by atoms with Gasteiger partial charge >= 0.3 is 5.97 Å². The Morgan fingerprint density at radius 3 is 2.45 bits per heavy atom. The van der Waals surface area contributed by atoms with E-state index in [0.29, 0.717) is 5.57 Å². The zero-order valence-electron chi connectivity index (χ0n) is 16.2. The molecule has 11 heteroatoms. The minimum absolute atomic E-state index is 0.168. The van der Waals surface area contributed by atoms with Gasteiger partial charge in [0.05, 0.1) is 19.6 Å². The van der Waals surface area contributed by atoms with Crippen molar-refractivity contribution >= 4 is 5.97 Å². The van der Waals surface area contributed by atoms with E-state index in [1.807, 2.05) is 0 Å². The highest BCUT2D eigenvalue weighted by Gasteiger charge is 2.61. The van der Waals surface area contributed by atoms with E-state index in [1.165, 1.54) is 7.11 Å².